The number of aryl methyl sites for hydroxylation is 1. The van der Waals surface area contributed by atoms with E-state index in [-0.39, 0.29) is 11.5 Å². The zero-order chi connectivity index (χ0) is 14.0. The summed E-state index contributed by atoms with van der Waals surface area (Å²) in [7, 11) is -2.91. The van der Waals surface area contributed by atoms with Crippen LogP contribution in [0.4, 0.5) is 5.69 Å². The molecule has 2 rings (SSSR count). The molecule has 1 aliphatic heterocycles. The lowest BCUT2D eigenvalue weighted by Crippen LogP contribution is -2.29. The van der Waals surface area contributed by atoms with Crippen molar-refractivity contribution >= 4 is 32.7 Å². The Morgan fingerprint density at radius 1 is 1.32 bits per heavy atom. The van der Waals surface area contributed by atoms with Gasteiger partial charge in [0.25, 0.3) is 0 Å². The van der Waals surface area contributed by atoms with Gasteiger partial charge in [0.05, 0.1) is 11.5 Å². The van der Waals surface area contributed by atoms with Gasteiger partial charge in [-0.15, -0.1) is 0 Å². The molecule has 1 fully saturated rings. The number of benzene rings is 1. The molecule has 0 amide bonds. The van der Waals surface area contributed by atoms with Crippen molar-refractivity contribution in [1.82, 2.24) is 0 Å². The highest BCUT2D eigenvalue weighted by Crippen LogP contribution is 2.24. The van der Waals surface area contributed by atoms with Crippen molar-refractivity contribution in [3.05, 3.63) is 29.3 Å². The molecule has 1 aliphatic rings. The maximum absolute atomic E-state index is 11.7. The molecule has 0 aromatic heterocycles. The molecular formula is C13H18N2O2S2. The third kappa shape index (κ3) is 3.45. The molecule has 0 atom stereocenters. The number of hydrogen-bond donors (Lipinski definition) is 1. The molecule has 0 radical (unpaired) electrons. The second-order valence-electron chi connectivity index (χ2n) is 4.88. The van der Waals surface area contributed by atoms with Crippen molar-refractivity contribution in [2.24, 2.45) is 5.73 Å². The first-order valence-corrected chi connectivity index (χ1v) is 8.48. The first kappa shape index (κ1) is 14.3. The van der Waals surface area contributed by atoms with Crippen LogP contribution >= 0.6 is 12.2 Å². The number of thiocarbonyl (C=S) groups is 1. The second-order valence-corrected chi connectivity index (χ2v) is 7.62. The molecule has 0 spiro atoms. The first-order chi connectivity index (χ1) is 8.89. The average molecular weight is 298 g/mol. The Morgan fingerprint density at radius 2 is 2.05 bits per heavy atom. The van der Waals surface area contributed by atoms with Gasteiger partial charge in [-0.25, -0.2) is 8.42 Å². The highest BCUT2D eigenvalue weighted by molar-refractivity contribution is 7.91. The summed E-state index contributed by atoms with van der Waals surface area (Å²) in [4.78, 5) is 2.42. The average Bonchev–Trinajstić information content (AvgIpc) is 2.49. The van der Waals surface area contributed by atoms with Crippen LogP contribution in [0.15, 0.2) is 18.2 Å². The summed E-state index contributed by atoms with van der Waals surface area (Å²) in [5.41, 5.74) is 8.63. The van der Waals surface area contributed by atoms with E-state index < -0.39 is 9.84 Å². The van der Waals surface area contributed by atoms with Gasteiger partial charge >= 0.3 is 0 Å². The molecule has 19 heavy (non-hydrogen) atoms. The third-order valence-electron chi connectivity index (χ3n) is 3.31. The molecule has 0 aliphatic carbocycles. The van der Waals surface area contributed by atoms with Gasteiger partial charge in [-0.3, -0.25) is 0 Å². The van der Waals surface area contributed by atoms with E-state index >= 15 is 0 Å². The molecule has 6 heteroatoms. The van der Waals surface area contributed by atoms with E-state index in [0.717, 1.165) is 23.4 Å². The summed E-state index contributed by atoms with van der Waals surface area (Å²) in [5.74, 6) is 0.454. The van der Waals surface area contributed by atoms with Gasteiger partial charge in [0.15, 0.2) is 9.84 Å². The first-order valence-electron chi connectivity index (χ1n) is 6.25. The summed E-state index contributed by atoms with van der Waals surface area (Å²) >= 11 is 5.07. The Kier molecular flexibility index (Phi) is 4.10. The summed E-state index contributed by atoms with van der Waals surface area (Å²) in [6.07, 6.45) is 0.646. The van der Waals surface area contributed by atoms with Crippen LogP contribution in [0.5, 0.6) is 0 Å². The molecular weight excluding hydrogens is 280 g/mol. The lowest BCUT2D eigenvalue weighted by Gasteiger charge is -2.25. The maximum Gasteiger partial charge on any atom is 0.152 e. The number of hydrogen-bond acceptors (Lipinski definition) is 4. The zero-order valence-corrected chi connectivity index (χ0v) is 12.6. The predicted molar refractivity (Wildman–Crippen MR) is 82.6 cm³/mol. The molecule has 0 bridgehead atoms. The highest BCUT2D eigenvalue weighted by atomic mass is 32.2. The van der Waals surface area contributed by atoms with Crippen molar-refractivity contribution in [2.75, 3.05) is 29.5 Å². The molecule has 104 valence electrons. The maximum atomic E-state index is 11.7. The molecule has 1 saturated heterocycles. The Bertz CT molecular complexity index is 597. The van der Waals surface area contributed by atoms with E-state index in [1.165, 1.54) is 0 Å². The van der Waals surface area contributed by atoms with Gasteiger partial charge in [-0.05, 0) is 31.0 Å². The fraction of sp³-hybridized carbons (Fsp3) is 0.462. The summed E-state index contributed by atoms with van der Waals surface area (Å²) < 4.78 is 23.3. The summed E-state index contributed by atoms with van der Waals surface area (Å²) in [5, 5.41) is 0. The molecule has 0 saturated carbocycles. The van der Waals surface area contributed by atoms with Gasteiger partial charge in [-0.2, -0.15) is 0 Å². The summed E-state index contributed by atoms with van der Waals surface area (Å²) in [6.45, 7) is 3.22. The van der Waals surface area contributed by atoms with E-state index in [1.54, 1.807) is 0 Å². The largest absolute Gasteiger partial charge is 0.389 e. The lowest BCUT2D eigenvalue weighted by molar-refractivity contribution is 0.597. The molecule has 0 unspecified atom stereocenters. The van der Waals surface area contributed by atoms with Gasteiger partial charge in [0.1, 0.15) is 4.99 Å². The number of rotatable bonds is 2. The topological polar surface area (TPSA) is 63.4 Å². The van der Waals surface area contributed by atoms with Gasteiger partial charge in [0.2, 0.25) is 0 Å². The number of nitrogens with zero attached hydrogens (tertiary/aromatic N) is 1. The van der Waals surface area contributed by atoms with Crippen molar-refractivity contribution in [2.45, 2.75) is 13.3 Å². The van der Waals surface area contributed by atoms with Crippen LogP contribution in [0.1, 0.15) is 17.5 Å². The van der Waals surface area contributed by atoms with Crippen LogP contribution in [0, 0.1) is 6.92 Å². The van der Waals surface area contributed by atoms with Crippen LogP contribution in [0.25, 0.3) is 0 Å². The van der Waals surface area contributed by atoms with Gasteiger partial charge in [0, 0.05) is 24.3 Å². The van der Waals surface area contributed by atoms with Crippen LogP contribution in [0.3, 0.4) is 0 Å². The number of anilines is 1. The van der Waals surface area contributed by atoms with E-state index in [0.29, 0.717) is 18.0 Å². The van der Waals surface area contributed by atoms with Crippen molar-refractivity contribution in [3.63, 3.8) is 0 Å². The van der Waals surface area contributed by atoms with Crippen LogP contribution in [-0.4, -0.2) is 38.0 Å². The molecule has 2 N–H and O–H groups in total. The van der Waals surface area contributed by atoms with E-state index in [4.69, 9.17) is 18.0 Å². The Balaban J connectivity index is 2.35. The normalized spacial score (nSPS) is 18.9. The summed E-state index contributed by atoms with van der Waals surface area (Å²) in [6, 6.07) is 5.89. The van der Waals surface area contributed by atoms with E-state index in [2.05, 4.69) is 4.90 Å². The Labute approximate surface area is 119 Å². The highest BCUT2D eigenvalue weighted by Gasteiger charge is 2.21. The second kappa shape index (κ2) is 5.46. The fourth-order valence-corrected chi connectivity index (χ4v) is 3.74. The van der Waals surface area contributed by atoms with Crippen molar-refractivity contribution in [1.29, 1.82) is 0 Å². The molecule has 1 heterocycles. The van der Waals surface area contributed by atoms with Crippen molar-refractivity contribution in [3.8, 4) is 0 Å². The van der Waals surface area contributed by atoms with E-state index in [9.17, 15) is 8.42 Å². The number of nitrogens with two attached hydrogens (primary N) is 1. The van der Waals surface area contributed by atoms with Crippen LogP contribution < -0.4 is 10.6 Å². The lowest BCUT2D eigenvalue weighted by atomic mass is 10.1. The molecule has 1 aromatic carbocycles. The predicted octanol–water partition coefficient (Wildman–Crippen LogP) is 1.25. The standard InChI is InChI=1S/C13H18N2O2S2/c1-10-3-4-11(13(14)18)12(9-10)15-5-2-7-19(16,17)8-6-15/h3-4,9H,2,5-8H2,1H3,(H2,14,18). The molecule has 1 aromatic rings. The van der Waals surface area contributed by atoms with Crippen LogP contribution in [-0.2, 0) is 9.84 Å². The third-order valence-corrected chi connectivity index (χ3v) is 5.25. The Hall–Kier alpha value is -1.14. The minimum absolute atomic E-state index is 0.192. The number of sulfone groups is 1. The zero-order valence-electron chi connectivity index (χ0n) is 10.9. The van der Waals surface area contributed by atoms with Gasteiger partial charge < -0.3 is 10.6 Å². The fourth-order valence-electron chi connectivity index (χ4n) is 2.29. The Morgan fingerprint density at radius 3 is 2.74 bits per heavy atom. The van der Waals surface area contributed by atoms with Gasteiger partial charge in [-0.1, -0.05) is 18.3 Å². The SMILES string of the molecule is Cc1ccc(C(N)=S)c(N2CCCS(=O)(=O)CC2)c1. The smallest absolute Gasteiger partial charge is 0.152 e. The monoisotopic (exact) mass is 298 g/mol. The van der Waals surface area contributed by atoms with E-state index in [1.807, 2.05) is 25.1 Å². The minimum atomic E-state index is -2.91. The van der Waals surface area contributed by atoms with Crippen molar-refractivity contribution < 1.29 is 8.42 Å². The quantitative estimate of drug-likeness (QED) is 0.833. The minimum Gasteiger partial charge on any atom is -0.389 e. The van der Waals surface area contributed by atoms with Crippen LogP contribution in [0.2, 0.25) is 0 Å². The molecule has 4 nitrogen and oxygen atoms in total.